The number of amides is 1. The summed E-state index contributed by atoms with van der Waals surface area (Å²) >= 11 is 0. The van der Waals surface area contributed by atoms with Gasteiger partial charge in [0.25, 0.3) is 5.91 Å². The second kappa shape index (κ2) is 11.4. The Morgan fingerprint density at radius 3 is 2.40 bits per heavy atom. The van der Waals surface area contributed by atoms with Crippen LogP contribution in [0.1, 0.15) is 90.7 Å². The summed E-state index contributed by atoms with van der Waals surface area (Å²) in [4.78, 5) is 17.1. The van der Waals surface area contributed by atoms with E-state index in [1.807, 2.05) is 12.1 Å². The number of carbonyl (C=O) groups is 1. The summed E-state index contributed by atoms with van der Waals surface area (Å²) in [6.45, 7) is 2.57. The van der Waals surface area contributed by atoms with Crippen molar-refractivity contribution in [2.24, 2.45) is 0 Å². The van der Waals surface area contributed by atoms with E-state index in [1.165, 1.54) is 56.2 Å². The summed E-state index contributed by atoms with van der Waals surface area (Å²) in [6.07, 6.45) is 12.1. The largest absolute Gasteiger partial charge is 0.492 e. The number of ether oxygens (including phenoxy) is 1. The molecule has 1 fully saturated rings. The maximum Gasteiger partial charge on any atom is 0.267 e. The molecule has 0 radical (unpaired) electrons. The summed E-state index contributed by atoms with van der Waals surface area (Å²) < 4.78 is 32.2. The first-order valence-electron chi connectivity index (χ1n) is 14.8. The predicted octanol–water partition coefficient (Wildman–Crippen LogP) is 5.58. The first-order valence-corrected chi connectivity index (χ1v) is 16.2. The number of rotatable bonds is 5. The standard InChI is InChI=1S/C32H39N3O4S/c36-31(27-19-25-21-33-22-32(30(25)35-27)16-6-4-2-1-3-5-7-17-32)34-20-23-11-13-26(14-12-23)40(37,38)28-10-8-9-24-15-18-39-29(24)28/h8-14,19,33,35H,1-7,15-18,20-22H2,(H,34,36). The molecule has 0 bridgehead atoms. The second-order valence-corrected chi connectivity index (χ2v) is 13.5. The van der Waals surface area contributed by atoms with Crippen molar-refractivity contribution in [3.8, 4) is 5.75 Å². The molecule has 0 atom stereocenters. The van der Waals surface area contributed by atoms with Crippen molar-refractivity contribution in [3.05, 3.63) is 76.6 Å². The Morgan fingerprint density at radius 2 is 1.65 bits per heavy atom. The van der Waals surface area contributed by atoms with Crippen LogP contribution in [-0.2, 0) is 34.8 Å². The molecule has 1 amide bonds. The van der Waals surface area contributed by atoms with Crippen LogP contribution in [0.2, 0.25) is 0 Å². The Morgan fingerprint density at radius 1 is 0.925 bits per heavy atom. The number of aromatic amines is 1. The van der Waals surface area contributed by atoms with Crippen LogP contribution in [0, 0.1) is 0 Å². The number of hydrogen-bond acceptors (Lipinski definition) is 5. The zero-order valence-electron chi connectivity index (χ0n) is 23.1. The molecule has 40 heavy (non-hydrogen) atoms. The highest BCUT2D eigenvalue weighted by atomic mass is 32.2. The molecule has 0 unspecified atom stereocenters. The molecule has 3 aliphatic rings. The first kappa shape index (κ1) is 27.1. The van der Waals surface area contributed by atoms with Gasteiger partial charge in [0.05, 0.1) is 11.5 Å². The van der Waals surface area contributed by atoms with Gasteiger partial charge in [-0.05, 0) is 53.8 Å². The zero-order valence-corrected chi connectivity index (χ0v) is 23.9. The van der Waals surface area contributed by atoms with Gasteiger partial charge in [0.2, 0.25) is 9.84 Å². The summed E-state index contributed by atoms with van der Waals surface area (Å²) in [7, 11) is -3.70. The van der Waals surface area contributed by atoms with Crippen LogP contribution >= 0.6 is 0 Å². The maximum absolute atomic E-state index is 13.3. The SMILES string of the molecule is O=C(NCc1ccc(S(=O)(=O)c2cccc3c2OCC3)cc1)c1cc2c([nH]1)C1(CCCCCCCCC1)CNC2. The van der Waals surface area contributed by atoms with Crippen LogP contribution in [0.5, 0.6) is 5.75 Å². The van der Waals surface area contributed by atoms with Gasteiger partial charge in [-0.15, -0.1) is 0 Å². The molecule has 2 aliphatic heterocycles. The van der Waals surface area contributed by atoms with E-state index in [-0.39, 0.29) is 21.1 Å². The smallest absolute Gasteiger partial charge is 0.267 e. The lowest BCUT2D eigenvalue weighted by Crippen LogP contribution is -2.43. The number of nitrogens with one attached hydrogen (secondary N) is 3. The van der Waals surface area contributed by atoms with E-state index < -0.39 is 9.84 Å². The van der Waals surface area contributed by atoms with E-state index in [9.17, 15) is 13.2 Å². The number of H-pyrrole nitrogens is 1. The molecule has 3 heterocycles. The number of sulfone groups is 1. The molecule has 3 N–H and O–H groups in total. The number of fused-ring (bicyclic) bond motifs is 3. The Bertz CT molecular complexity index is 1470. The fourth-order valence-corrected chi connectivity index (χ4v) is 8.15. The molecule has 1 spiro atoms. The number of para-hydroxylation sites is 1. The van der Waals surface area contributed by atoms with Gasteiger partial charge in [-0.2, -0.15) is 0 Å². The van der Waals surface area contributed by atoms with Crippen molar-refractivity contribution in [3.63, 3.8) is 0 Å². The van der Waals surface area contributed by atoms with Gasteiger partial charge in [-0.25, -0.2) is 8.42 Å². The first-order chi connectivity index (χ1) is 19.5. The lowest BCUT2D eigenvalue weighted by atomic mass is 9.72. The molecule has 1 aromatic heterocycles. The maximum atomic E-state index is 13.3. The predicted molar refractivity (Wildman–Crippen MR) is 154 cm³/mol. The van der Waals surface area contributed by atoms with Crippen LogP contribution in [0.3, 0.4) is 0 Å². The minimum atomic E-state index is -3.70. The minimum Gasteiger partial charge on any atom is -0.492 e. The van der Waals surface area contributed by atoms with Gasteiger partial charge in [-0.1, -0.05) is 69.2 Å². The van der Waals surface area contributed by atoms with E-state index in [0.717, 1.165) is 43.5 Å². The molecule has 8 heteroatoms. The molecule has 1 aliphatic carbocycles. The quantitative estimate of drug-likeness (QED) is 0.378. The van der Waals surface area contributed by atoms with Gasteiger partial charge in [0, 0.05) is 37.2 Å². The molecular formula is C32H39N3O4S. The lowest BCUT2D eigenvalue weighted by molar-refractivity contribution is 0.0946. The number of carbonyl (C=O) groups excluding carboxylic acids is 1. The molecule has 1 saturated carbocycles. The molecular weight excluding hydrogens is 522 g/mol. The fourth-order valence-electron chi connectivity index (χ4n) is 6.71. The van der Waals surface area contributed by atoms with E-state index >= 15 is 0 Å². The highest BCUT2D eigenvalue weighted by Gasteiger charge is 2.38. The van der Waals surface area contributed by atoms with Crippen LogP contribution < -0.4 is 15.4 Å². The monoisotopic (exact) mass is 561 g/mol. The molecule has 7 nitrogen and oxygen atoms in total. The second-order valence-electron chi connectivity index (χ2n) is 11.6. The highest BCUT2D eigenvalue weighted by Crippen LogP contribution is 2.40. The topological polar surface area (TPSA) is 100 Å². The summed E-state index contributed by atoms with van der Waals surface area (Å²) in [5.74, 6) is 0.327. The Kier molecular flexibility index (Phi) is 7.73. The third kappa shape index (κ3) is 5.31. The van der Waals surface area contributed by atoms with Gasteiger partial charge < -0.3 is 20.4 Å². The Labute approximate surface area is 237 Å². The number of aromatic nitrogens is 1. The van der Waals surface area contributed by atoms with Crippen LogP contribution in [0.15, 0.2) is 58.3 Å². The normalized spacial score (nSPS) is 18.9. The molecule has 3 aromatic rings. The van der Waals surface area contributed by atoms with E-state index in [1.54, 1.807) is 36.4 Å². The Hall–Kier alpha value is -3.10. The van der Waals surface area contributed by atoms with Crippen molar-refractivity contribution >= 4 is 15.7 Å². The molecule has 6 rings (SSSR count). The van der Waals surface area contributed by atoms with Crippen LogP contribution in [0.25, 0.3) is 0 Å². The van der Waals surface area contributed by atoms with E-state index in [0.29, 0.717) is 24.6 Å². The summed E-state index contributed by atoms with van der Waals surface area (Å²) in [6, 6.07) is 14.0. The number of hydrogen-bond donors (Lipinski definition) is 3. The zero-order chi connectivity index (χ0) is 27.6. The summed E-state index contributed by atoms with van der Waals surface area (Å²) in [5, 5.41) is 6.65. The molecule has 212 valence electrons. The lowest BCUT2D eigenvalue weighted by Gasteiger charge is -2.38. The van der Waals surface area contributed by atoms with Crippen LogP contribution in [0.4, 0.5) is 0 Å². The van der Waals surface area contributed by atoms with E-state index in [4.69, 9.17) is 4.74 Å². The van der Waals surface area contributed by atoms with Crippen LogP contribution in [-0.4, -0.2) is 32.5 Å². The van der Waals surface area contributed by atoms with Gasteiger partial charge >= 0.3 is 0 Å². The summed E-state index contributed by atoms with van der Waals surface area (Å²) in [5.41, 5.74) is 4.90. The number of benzene rings is 2. The van der Waals surface area contributed by atoms with Crippen molar-refractivity contribution in [1.29, 1.82) is 0 Å². The fraction of sp³-hybridized carbons (Fsp3) is 0.469. The average molecular weight is 562 g/mol. The Balaban J connectivity index is 1.14. The van der Waals surface area contributed by atoms with Crippen molar-refractivity contribution in [2.45, 2.75) is 92.5 Å². The van der Waals surface area contributed by atoms with Gasteiger partial charge in [0.15, 0.2) is 0 Å². The van der Waals surface area contributed by atoms with Crippen molar-refractivity contribution in [1.82, 2.24) is 15.6 Å². The third-order valence-electron chi connectivity index (χ3n) is 8.92. The van der Waals surface area contributed by atoms with Crippen molar-refractivity contribution < 1.29 is 17.9 Å². The van der Waals surface area contributed by atoms with Gasteiger partial charge in [-0.3, -0.25) is 4.79 Å². The van der Waals surface area contributed by atoms with Gasteiger partial charge in [0.1, 0.15) is 16.3 Å². The third-order valence-corrected chi connectivity index (χ3v) is 10.7. The minimum absolute atomic E-state index is 0.0781. The van der Waals surface area contributed by atoms with Crippen molar-refractivity contribution in [2.75, 3.05) is 13.2 Å². The average Bonchev–Trinajstić information content (AvgIpc) is 3.64. The molecule has 2 aromatic carbocycles. The van der Waals surface area contributed by atoms with E-state index in [2.05, 4.69) is 15.6 Å². The molecule has 0 saturated heterocycles. The highest BCUT2D eigenvalue weighted by molar-refractivity contribution is 7.91.